The van der Waals surface area contributed by atoms with Gasteiger partial charge in [-0.05, 0) is 39.5 Å². The summed E-state index contributed by atoms with van der Waals surface area (Å²) >= 11 is 0. The number of ether oxygens (including phenoxy) is 2. The average molecular weight is 362 g/mol. The molecule has 1 aromatic rings. The zero-order valence-electron chi connectivity index (χ0n) is 16.0. The van der Waals surface area contributed by atoms with Crippen LogP contribution in [0, 0.1) is 11.3 Å². The molecule has 7 heteroatoms. The molecule has 0 unspecified atom stereocenters. The number of esters is 1. The molecular weight excluding hydrogens is 336 g/mol. The van der Waals surface area contributed by atoms with Crippen molar-refractivity contribution in [2.24, 2.45) is 11.3 Å². The van der Waals surface area contributed by atoms with Gasteiger partial charge in [0.1, 0.15) is 0 Å². The van der Waals surface area contributed by atoms with Crippen molar-refractivity contribution in [2.45, 2.75) is 39.2 Å². The highest BCUT2D eigenvalue weighted by molar-refractivity contribution is 5.97. The normalized spacial score (nSPS) is 25.0. The molecule has 0 atom stereocenters. The van der Waals surface area contributed by atoms with E-state index < -0.39 is 16.8 Å². The van der Waals surface area contributed by atoms with E-state index in [0.29, 0.717) is 19.1 Å². The number of carbonyl (C=O) groups is 2. The number of nitrogens with zero attached hydrogens (tertiary/aromatic N) is 2. The van der Waals surface area contributed by atoms with E-state index in [1.807, 2.05) is 4.57 Å². The minimum atomic E-state index is -0.777. The third-order valence-electron chi connectivity index (χ3n) is 5.19. The van der Waals surface area contributed by atoms with E-state index in [4.69, 9.17) is 9.47 Å². The summed E-state index contributed by atoms with van der Waals surface area (Å²) in [5, 5.41) is 0. The van der Waals surface area contributed by atoms with Crippen LogP contribution in [-0.4, -0.2) is 48.7 Å². The monoisotopic (exact) mass is 362 g/mol. The Morgan fingerprint density at radius 1 is 1.31 bits per heavy atom. The molecule has 2 heterocycles. The van der Waals surface area contributed by atoms with Gasteiger partial charge in [-0.1, -0.05) is 0 Å². The Labute approximate surface area is 152 Å². The van der Waals surface area contributed by atoms with E-state index in [1.54, 1.807) is 46.0 Å². The van der Waals surface area contributed by atoms with Crippen molar-refractivity contribution in [3.05, 3.63) is 28.2 Å². The molecule has 1 aliphatic heterocycles. The van der Waals surface area contributed by atoms with Gasteiger partial charge in [-0.3, -0.25) is 14.4 Å². The molecule has 1 spiro atoms. The lowest BCUT2D eigenvalue weighted by Gasteiger charge is -2.54. The number of hydrogen-bond acceptors (Lipinski definition) is 5. The second kappa shape index (κ2) is 6.23. The Bertz CT molecular complexity index is 799. The predicted octanol–water partition coefficient (Wildman–Crippen LogP) is 1.64. The summed E-state index contributed by atoms with van der Waals surface area (Å²) in [7, 11) is 3.39. The number of aromatic nitrogens is 1. The lowest BCUT2D eigenvalue weighted by molar-refractivity contribution is -0.143. The van der Waals surface area contributed by atoms with Gasteiger partial charge >= 0.3 is 5.97 Å². The topological polar surface area (TPSA) is 77.8 Å². The van der Waals surface area contributed by atoms with Crippen LogP contribution in [0.3, 0.4) is 0 Å². The second-order valence-electron chi connectivity index (χ2n) is 8.48. The number of hydrogen-bond donors (Lipinski definition) is 0. The van der Waals surface area contributed by atoms with Gasteiger partial charge in [-0.2, -0.15) is 0 Å². The number of pyridine rings is 1. The summed E-state index contributed by atoms with van der Waals surface area (Å²) < 4.78 is 12.5. The van der Waals surface area contributed by atoms with Gasteiger partial charge in [0.25, 0.3) is 5.91 Å². The van der Waals surface area contributed by atoms with E-state index in [1.165, 1.54) is 6.07 Å². The number of fused-ring (bicyclic) bond motifs is 2. The van der Waals surface area contributed by atoms with Crippen molar-refractivity contribution in [1.82, 2.24) is 9.47 Å². The summed E-state index contributed by atoms with van der Waals surface area (Å²) in [6.45, 7) is 6.35. The Morgan fingerprint density at radius 2 is 1.96 bits per heavy atom. The van der Waals surface area contributed by atoms with Crippen LogP contribution >= 0.6 is 0 Å². The first-order chi connectivity index (χ1) is 12.1. The minimum Gasteiger partial charge on any atom is -0.419 e. The van der Waals surface area contributed by atoms with Crippen molar-refractivity contribution in [3.8, 4) is 5.75 Å². The van der Waals surface area contributed by atoms with E-state index in [-0.39, 0.29) is 22.9 Å². The van der Waals surface area contributed by atoms with Crippen LogP contribution in [0.5, 0.6) is 5.75 Å². The van der Waals surface area contributed by atoms with Crippen LogP contribution in [0.15, 0.2) is 17.1 Å². The molecule has 7 nitrogen and oxygen atoms in total. The maximum atomic E-state index is 12.8. The molecule has 142 valence electrons. The zero-order valence-corrected chi connectivity index (χ0v) is 16.0. The number of carbonyl (C=O) groups excluding carboxylic acids is 2. The van der Waals surface area contributed by atoms with Crippen LogP contribution in [0.25, 0.3) is 0 Å². The van der Waals surface area contributed by atoms with E-state index >= 15 is 0 Å². The maximum Gasteiger partial charge on any atom is 0.316 e. The minimum absolute atomic E-state index is 0.166. The van der Waals surface area contributed by atoms with Crippen molar-refractivity contribution in [2.75, 3.05) is 27.3 Å². The van der Waals surface area contributed by atoms with Crippen LogP contribution in [-0.2, 0) is 15.1 Å². The molecule has 1 fully saturated rings. The van der Waals surface area contributed by atoms with Gasteiger partial charge < -0.3 is 18.9 Å². The molecule has 3 rings (SSSR count). The first-order valence-electron chi connectivity index (χ1n) is 8.82. The Kier molecular flexibility index (Phi) is 4.46. The fourth-order valence-corrected chi connectivity index (χ4v) is 3.92. The van der Waals surface area contributed by atoms with Gasteiger partial charge in [0.15, 0.2) is 5.69 Å². The second-order valence-corrected chi connectivity index (χ2v) is 8.48. The fourth-order valence-electron chi connectivity index (χ4n) is 3.92. The van der Waals surface area contributed by atoms with Crippen LogP contribution in [0.4, 0.5) is 0 Å². The van der Waals surface area contributed by atoms with Crippen molar-refractivity contribution in [1.29, 1.82) is 0 Å². The van der Waals surface area contributed by atoms with Gasteiger partial charge in [0.05, 0.1) is 11.0 Å². The zero-order chi connectivity index (χ0) is 19.3. The van der Waals surface area contributed by atoms with E-state index in [9.17, 15) is 14.4 Å². The van der Waals surface area contributed by atoms with Gasteiger partial charge in [0, 0.05) is 39.6 Å². The average Bonchev–Trinajstić information content (AvgIpc) is 2.51. The number of likely N-dealkylation sites (N-methyl/N-ethyl adjacent to an activating group) is 1. The highest BCUT2D eigenvalue weighted by atomic mass is 16.5. The molecule has 0 saturated heterocycles. The number of rotatable bonds is 3. The SMILES string of the molecule is COCC1CC2(C1)CN(C)C(=O)c1c(OC(=O)C(C)(C)C)c(=O)ccn12. The molecule has 0 radical (unpaired) electrons. The lowest BCUT2D eigenvalue weighted by Crippen LogP contribution is -2.60. The molecule has 1 saturated carbocycles. The van der Waals surface area contributed by atoms with Gasteiger partial charge in [-0.15, -0.1) is 0 Å². The summed E-state index contributed by atoms with van der Waals surface area (Å²) in [5.41, 5.74) is -1.35. The van der Waals surface area contributed by atoms with Crippen LogP contribution in [0.2, 0.25) is 0 Å². The van der Waals surface area contributed by atoms with Crippen LogP contribution < -0.4 is 10.2 Å². The highest BCUT2D eigenvalue weighted by Crippen LogP contribution is 2.47. The fraction of sp³-hybridized carbons (Fsp3) is 0.632. The third-order valence-corrected chi connectivity index (χ3v) is 5.19. The molecule has 1 aromatic heterocycles. The Morgan fingerprint density at radius 3 is 2.54 bits per heavy atom. The molecule has 0 N–H and O–H groups in total. The first kappa shape index (κ1) is 18.6. The number of methoxy groups -OCH3 is 1. The quantitative estimate of drug-likeness (QED) is 0.764. The van der Waals surface area contributed by atoms with Gasteiger partial charge in [0.2, 0.25) is 11.2 Å². The summed E-state index contributed by atoms with van der Waals surface area (Å²) in [5.74, 6) is -0.599. The largest absolute Gasteiger partial charge is 0.419 e. The molecule has 1 amide bonds. The van der Waals surface area contributed by atoms with Crippen LogP contribution in [0.1, 0.15) is 44.1 Å². The molecule has 0 aromatic carbocycles. The Balaban J connectivity index is 2.06. The van der Waals surface area contributed by atoms with E-state index in [2.05, 4.69) is 0 Å². The van der Waals surface area contributed by atoms with Crippen molar-refractivity contribution >= 4 is 11.9 Å². The Hall–Kier alpha value is -2.15. The summed E-state index contributed by atoms with van der Waals surface area (Å²) in [6, 6.07) is 1.37. The number of amides is 1. The summed E-state index contributed by atoms with van der Waals surface area (Å²) in [4.78, 5) is 39.1. The van der Waals surface area contributed by atoms with E-state index in [0.717, 1.165) is 12.8 Å². The molecule has 26 heavy (non-hydrogen) atoms. The molecule has 0 bridgehead atoms. The van der Waals surface area contributed by atoms with Crippen molar-refractivity contribution in [3.63, 3.8) is 0 Å². The smallest absolute Gasteiger partial charge is 0.316 e. The van der Waals surface area contributed by atoms with Crippen molar-refractivity contribution < 1.29 is 19.1 Å². The first-order valence-corrected chi connectivity index (χ1v) is 8.82. The molecular formula is C19H26N2O5. The summed E-state index contributed by atoms with van der Waals surface area (Å²) in [6.07, 6.45) is 3.35. The standard InChI is InChI=1S/C19H26N2O5/c1-18(2,3)17(24)26-15-13(22)6-7-21-14(15)16(23)20(4)11-19(21)8-12(9-19)10-25-5/h6-7,12H,8-11H2,1-5H3. The third kappa shape index (κ3) is 2.94. The molecule has 2 aliphatic rings. The highest BCUT2D eigenvalue weighted by Gasteiger charge is 2.51. The molecule has 1 aliphatic carbocycles. The van der Waals surface area contributed by atoms with Gasteiger partial charge in [-0.25, -0.2) is 0 Å². The predicted molar refractivity (Wildman–Crippen MR) is 95.3 cm³/mol. The maximum absolute atomic E-state index is 12.8. The lowest BCUT2D eigenvalue weighted by atomic mass is 9.67.